The van der Waals surface area contributed by atoms with E-state index in [0.29, 0.717) is 5.69 Å². The number of carbonyl (C=O) groups is 5. The predicted molar refractivity (Wildman–Crippen MR) is 160 cm³/mol. The highest BCUT2D eigenvalue weighted by Gasteiger charge is 2.33. The van der Waals surface area contributed by atoms with E-state index in [1.807, 2.05) is 12.1 Å². The van der Waals surface area contributed by atoms with E-state index in [1.54, 1.807) is 69.3 Å². The molecule has 0 aliphatic heterocycles. The number of nitrogens with one attached hydrogen (secondary N) is 4. The van der Waals surface area contributed by atoms with E-state index in [1.165, 1.54) is 12.5 Å². The Morgan fingerprint density at radius 3 is 1.98 bits per heavy atom. The zero-order chi connectivity index (χ0) is 32.1. The van der Waals surface area contributed by atoms with Crippen molar-refractivity contribution in [1.82, 2.24) is 25.9 Å². The van der Waals surface area contributed by atoms with Gasteiger partial charge in [-0.05, 0) is 31.9 Å². The first-order valence-electron chi connectivity index (χ1n) is 14.0. The first kappa shape index (κ1) is 33.3. The third-order valence-corrected chi connectivity index (χ3v) is 6.13. The number of nitrogens with two attached hydrogens (primary N) is 1. The van der Waals surface area contributed by atoms with Crippen LogP contribution in [0.2, 0.25) is 0 Å². The van der Waals surface area contributed by atoms with Crippen LogP contribution in [0.4, 0.5) is 4.79 Å². The number of hydrogen-bond acceptors (Lipinski definition) is 8. The molecular formula is C31H38N6O7. The molecule has 3 rings (SSSR count). The van der Waals surface area contributed by atoms with Crippen LogP contribution in [0.5, 0.6) is 0 Å². The first-order chi connectivity index (χ1) is 20.9. The van der Waals surface area contributed by atoms with Crippen LogP contribution in [0.3, 0.4) is 0 Å². The number of carbonyl (C=O) groups excluding carboxylic acids is 5. The van der Waals surface area contributed by atoms with Crippen molar-refractivity contribution in [2.24, 2.45) is 5.73 Å². The van der Waals surface area contributed by atoms with Crippen molar-refractivity contribution in [3.63, 3.8) is 0 Å². The number of alkyl carbamates (subject to hydrolysis) is 1. The molecule has 4 amide bonds. The number of benzene rings is 2. The Balaban J connectivity index is 1.76. The third-order valence-electron chi connectivity index (χ3n) is 6.13. The molecule has 0 spiro atoms. The van der Waals surface area contributed by atoms with E-state index in [4.69, 9.17) is 15.2 Å². The van der Waals surface area contributed by atoms with Gasteiger partial charge in [0, 0.05) is 24.7 Å². The van der Waals surface area contributed by atoms with Crippen molar-refractivity contribution >= 4 is 29.8 Å². The molecule has 2 aromatic carbocycles. The predicted octanol–water partition coefficient (Wildman–Crippen LogP) is 1.68. The van der Waals surface area contributed by atoms with Crippen LogP contribution in [-0.2, 0) is 48.1 Å². The van der Waals surface area contributed by atoms with Gasteiger partial charge >= 0.3 is 12.1 Å². The number of rotatable bonds is 14. The second-order valence-electron chi connectivity index (χ2n) is 11.1. The zero-order valence-corrected chi connectivity index (χ0v) is 24.9. The number of imidazole rings is 1. The van der Waals surface area contributed by atoms with Crippen molar-refractivity contribution in [3.05, 3.63) is 90.0 Å². The molecule has 0 unspecified atom stereocenters. The second kappa shape index (κ2) is 15.9. The van der Waals surface area contributed by atoms with Gasteiger partial charge in [-0.2, -0.15) is 0 Å². The summed E-state index contributed by atoms with van der Waals surface area (Å²) in [7, 11) is 0. The van der Waals surface area contributed by atoms with Gasteiger partial charge in [-0.15, -0.1) is 0 Å². The molecule has 234 valence electrons. The maximum absolute atomic E-state index is 13.4. The zero-order valence-electron chi connectivity index (χ0n) is 24.9. The van der Waals surface area contributed by atoms with Gasteiger partial charge in [-0.1, -0.05) is 60.7 Å². The summed E-state index contributed by atoms with van der Waals surface area (Å²) in [5.74, 6) is -3.20. The lowest BCUT2D eigenvalue weighted by Crippen LogP contribution is -2.57. The second-order valence-corrected chi connectivity index (χ2v) is 11.1. The van der Waals surface area contributed by atoms with E-state index in [2.05, 4.69) is 25.9 Å². The van der Waals surface area contributed by atoms with E-state index in [-0.39, 0.29) is 19.4 Å². The minimum atomic E-state index is -1.47. The van der Waals surface area contributed by atoms with Crippen LogP contribution in [0.1, 0.15) is 44.0 Å². The molecule has 3 aromatic rings. The minimum Gasteiger partial charge on any atom is -0.458 e. The summed E-state index contributed by atoms with van der Waals surface area (Å²) >= 11 is 0. The van der Waals surface area contributed by atoms with Crippen molar-refractivity contribution in [1.29, 1.82) is 0 Å². The lowest BCUT2D eigenvalue weighted by Gasteiger charge is -2.27. The van der Waals surface area contributed by atoms with Gasteiger partial charge in [0.15, 0.2) is 0 Å². The fraction of sp³-hybridized carbons (Fsp3) is 0.355. The molecule has 0 fully saturated rings. The van der Waals surface area contributed by atoms with E-state index in [9.17, 15) is 24.0 Å². The molecule has 0 radical (unpaired) electrons. The molecule has 0 aliphatic carbocycles. The van der Waals surface area contributed by atoms with Crippen LogP contribution >= 0.6 is 0 Å². The number of ether oxygens (including phenoxy) is 2. The number of aromatic nitrogens is 2. The van der Waals surface area contributed by atoms with Gasteiger partial charge < -0.3 is 36.1 Å². The molecular weight excluding hydrogens is 568 g/mol. The molecule has 13 heteroatoms. The smallest absolute Gasteiger partial charge is 0.408 e. The minimum absolute atomic E-state index is 0.0360. The Morgan fingerprint density at radius 2 is 1.41 bits per heavy atom. The summed E-state index contributed by atoms with van der Waals surface area (Å²) in [4.78, 5) is 71.2. The number of hydrogen-bond donors (Lipinski definition) is 5. The molecule has 1 heterocycles. The topological polar surface area (TPSA) is 195 Å². The quantitative estimate of drug-likeness (QED) is 0.171. The normalized spacial score (nSPS) is 13.1. The van der Waals surface area contributed by atoms with Gasteiger partial charge in [0.25, 0.3) is 0 Å². The number of nitrogens with zero attached hydrogens (tertiary/aromatic N) is 1. The van der Waals surface area contributed by atoms with Crippen molar-refractivity contribution in [3.8, 4) is 0 Å². The number of primary amides is 1. The molecule has 0 aliphatic rings. The summed E-state index contributed by atoms with van der Waals surface area (Å²) < 4.78 is 10.8. The third kappa shape index (κ3) is 11.6. The molecule has 6 N–H and O–H groups in total. The summed E-state index contributed by atoms with van der Waals surface area (Å²) in [6, 6.07) is 14.1. The molecule has 0 saturated heterocycles. The highest BCUT2D eigenvalue weighted by atomic mass is 16.6. The molecule has 3 atom stereocenters. The van der Waals surface area contributed by atoms with Crippen LogP contribution in [0.15, 0.2) is 73.2 Å². The first-order valence-corrected chi connectivity index (χ1v) is 14.0. The highest BCUT2D eigenvalue weighted by molar-refractivity contribution is 5.95. The maximum atomic E-state index is 13.4. The summed E-state index contributed by atoms with van der Waals surface area (Å²) in [5.41, 5.74) is 6.57. The van der Waals surface area contributed by atoms with E-state index >= 15 is 0 Å². The van der Waals surface area contributed by atoms with Gasteiger partial charge in [-0.3, -0.25) is 14.4 Å². The van der Waals surface area contributed by atoms with Crippen LogP contribution < -0.4 is 21.7 Å². The van der Waals surface area contributed by atoms with Crippen molar-refractivity contribution < 1.29 is 33.4 Å². The summed E-state index contributed by atoms with van der Waals surface area (Å²) in [5, 5.41) is 7.58. The number of amides is 4. The van der Waals surface area contributed by atoms with Gasteiger partial charge in [-0.25, -0.2) is 14.6 Å². The number of esters is 1. The molecule has 44 heavy (non-hydrogen) atoms. The Labute approximate surface area is 255 Å². The fourth-order valence-corrected chi connectivity index (χ4v) is 4.10. The lowest BCUT2D eigenvalue weighted by molar-refractivity contribution is -0.158. The van der Waals surface area contributed by atoms with E-state index < -0.39 is 59.9 Å². The average molecular weight is 607 g/mol. The SMILES string of the molecule is CC(C)(C)OC(=O)[C@@H](Cc1ccccc1)NC(=O)[C@H](CC(N)=O)NC(=O)[C@H](Cc1cnc[nH]1)NC(=O)OCc1ccccc1. The van der Waals surface area contributed by atoms with Crippen LogP contribution in [0, 0.1) is 0 Å². The van der Waals surface area contributed by atoms with Crippen molar-refractivity contribution in [2.45, 2.75) is 70.4 Å². The Hall–Kier alpha value is -5.20. The average Bonchev–Trinajstić information content (AvgIpc) is 3.48. The van der Waals surface area contributed by atoms with Gasteiger partial charge in [0.1, 0.15) is 30.3 Å². The molecule has 1 aromatic heterocycles. The van der Waals surface area contributed by atoms with Gasteiger partial charge in [0.2, 0.25) is 17.7 Å². The van der Waals surface area contributed by atoms with E-state index in [0.717, 1.165) is 11.1 Å². The van der Waals surface area contributed by atoms with Gasteiger partial charge in [0.05, 0.1) is 12.7 Å². The summed E-state index contributed by atoms with van der Waals surface area (Å²) in [6.45, 7) is 5.05. The largest absolute Gasteiger partial charge is 0.458 e. The Morgan fingerprint density at radius 1 is 0.818 bits per heavy atom. The summed E-state index contributed by atoms with van der Waals surface area (Å²) in [6.07, 6.45) is 1.49. The molecule has 0 saturated carbocycles. The molecule has 13 nitrogen and oxygen atoms in total. The Bertz CT molecular complexity index is 1390. The van der Waals surface area contributed by atoms with Crippen LogP contribution in [0.25, 0.3) is 0 Å². The standard InChI is InChI=1S/C31H38N6O7/c1-31(2,3)44-29(41)25(14-20-10-6-4-7-11-20)36-28(40)24(16-26(32)38)35-27(39)23(15-22-17-33-19-34-22)37-30(42)43-18-21-12-8-5-9-13-21/h4-13,17,19,23-25H,14-16,18H2,1-3H3,(H2,32,38)(H,33,34)(H,35,39)(H,36,40)(H,37,42)/t23-,24-,25+/m0/s1. The number of H-pyrrole nitrogens is 1. The molecule has 0 bridgehead atoms. The fourth-order valence-electron chi connectivity index (χ4n) is 4.10. The van der Waals surface area contributed by atoms with Crippen LogP contribution in [-0.4, -0.2) is 63.5 Å². The number of aromatic amines is 1. The highest BCUT2D eigenvalue weighted by Crippen LogP contribution is 2.12. The lowest BCUT2D eigenvalue weighted by atomic mass is 10.0. The monoisotopic (exact) mass is 606 g/mol. The van der Waals surface area contributed by atoms with Crippen molar-refractivity contribution in [2.75, 3.05) is 0 Å². The maximum Gasteiger partial charge on any atom is 0.408 e. The Kier molecular flexibility index (Phi) is 12.0.